The summed E-state index contributed by atoms with van der Waals surface area (Å²) in [5.41, 5.74) is 6.44. The molecule has 2 aliphatic rings. The van der Waals surface area contributed by atoms with Gasteiger partial charge in [0.2, 0.25) is 5.82 Å². The topological polar surface area (TPSA) is 93.1 Å². The van der Waals surface area contributed by atoms with Crippen molar-refractivity contribution in [1.29, 1.82) is 0 Å². The van der Waals surface area contributed by atoms with E-state index in [1.165, 1.54) is 0 Å². The Morgan fingerprint density at radius 2 is 1.76 bits per heavy atom. The average molecular weight is 458 g/mol. The van der Waals surface area contributed by atoms with Crippen LogP contribution in [0.4, 0.5) is 0 Å². The minimum atomic E-state index is -0.271. The molecule has 8 nitrogen and oxygen atoms in total. The van der Waals surface area contributed by atoms with E-state index in [0.717, 1.165) is 59.5 Å². The number of quaternary nitrogens is 1. The zero-order valence-corrected chi connectivity index (χ0v) is 19.8. The van der Waals surface area contributed by atoms with Crippen LogP contribution in [-0.2, 0) is 9.53 Å². The number of esters is 1. The molecule has 1 unspecified atom stereocenters. The number of hydrogen-bond donors (Lipinski definition) is 1. The largest absolute Gasteiger partial charge is 0.462 e. The van der Waals surface area contributed by atoms with Crippen LogP contribution in [0.1, 0.15) is 38.7 Å². The molecule has 2 heterocycles. The number of carbonyl (C=O) groups excluding carboxylic acids is 1. The van der Waals surface area contributed by atoms with Crippen LogP contribution in [0, 0.1) is 5.92 Å². The standard InChI is InChI=1S/C26H28N6O2/c1-4-16-32(3)24(22(26(33)34-5-2)23(29-32)18-12-13-18)19-14-10-17(11-15-19)20-8-6-7-9-21(20)25-27-30-31-28-25/h6-11,14-15,18H,4-5,12-13,16H2,1-3H3/p+1. The maximum absolute atomic E-state index is 13.1. The summed E-state index contributed by atoms with van der Waals surface area (Å²) in [4.78, 5) is 13.1. The molecule has 5 rings (SSSR count). The molecule has 1 aliphatic carbocycles. The van der Waals surface area contributed by atoms with Crippen molar-refractivity contribution in [2.75, 3.05) is 20.2 Å². The molecule has 1 N–H and O–H groups in total. The van der Waals surface area contributed by atoms with Crippen molar-refractivity contribution in [1.82, 2.24) is 20.6 Å². The fourth-order valence-electron chi connectivity index (χ4n) is 4.78. The number of benzene rings is 2. The smallest absolute Gasteiger partial charge is 0.346 e. The van der Waals surface area contributed by atoms with E-state index in [9.17, 15) is 4.79 Å². The second kappa shape index (κ2) is 8.95. The number of nitrogens with zero attached hydrogens (tertiary/aromatic N) is 5. The summed E-state index contributed by atoms with van der Waals surface area (Å²) >= 11 is 0. The highest BCUT2D eigenvalue weighted by Crippen LogP contribution is 2.44. The molecule has 34 heavy (non-hydrogen) atoms. The first-order chi connectivity index (χ1) is 16.6. The lowest BCUT2D eigenvalue weighted by molar-refractivity contribution is -0.844. The summed E-state index contributed by atoms with van der Waals surface area (Å²) in [7, 11) is 2.09. The van der Waals surface area contributed by atoms with Crippen molar-refractivity contribution in [2.45, 2.75) is 33.1 Å². The Hall–Kier alpha value is -3.65. The lowest BCUT2D eigenvalue weighted by Gasteiger charge is -2.26. The summed E-state index contributed by atoms with van der Waals surface area (Å²) in [5.74, 6) is 0.636. The van der Waals surface area contributed by atoms with E-state index in [1.807, 2.05) is 31.2 Å². The van der Waals surface area contributed by atoms with E-state index < -0.39 is 0 Å². The monoisotopic (exact) mass is 457 g/mol. The highest BCUT2D eigenvalue weighted by molar-refractivity contribution is 6.26. The third-order valence-electron chi connectivity index (χ3n) is 6.39. The normalized spacial score (nSPS) is 19.9. The molecule has 1 atom stereocenters. The minimum absolute atomic E-state index is 0.271. The van der Waals surface area contributed by atoms with Gasteiger partial charge in [0.05, 0.1) is 13.7 Å². The zero-order chi connectivity index (χ0) is 23.7. The first kappa shape index (κ1) is 22.2. The number of H-pyrrole nitrogens is 1. The van der Waals surface area contributed by atoms with Crippen molar-refractivity contribution in [3.63, 3.8) is 0 Å². The fraction of sp³-hybridized carbons (Fsp3) is 0.346. The Kier molecular flexibility index (Phi) is 5.83. The lowest BCUT2D eigenvalue weighted by atomic mass is 9.95. The summed E-state index contributed by atoms with van der Waals surface area (Å²) < 4.78 is 5.87. The number of tetrazole rings is 1. The van der Waals surface area contributed by atoms with E-state index in [2.05, 4.69) is 58.9 Å². The second-order valence-corrected chi connectivity index (χ2v) is 8.92. The molecular formula is C26H29N6O2+. The number of aromatic amines is 1. The van der Waals surface area contributed by atoms with Gasteiger partial charge in [-0.2, -0.15) is 9.81 Å². The molecule has 0 saturated heterocycles. The van der Waals surface area contributed by atoms with Crippen LogP contribution in [0.5, 0.6) is 0 Å². The molecule has 1 aliphatic heterocycles. The van der Waals surface area contributed by atoms with Gasteiger partial charge in [-0.3, -0.25) is 0 Å². The Morgan fingerprint density at radius 3 is 2.38 bits per heavy atom. The van der Waals surface area contributed by atoms with Crippen molar-refractivity contribution in [3.05, 3.63) is 59.7 Å². The van der Waals surface area contributed by atoms with E-state index in [0.29, 0.717) is 28.5 Å². The van der Waals surface area contributed by atoms with Crippen LogP contribution < -0.4 is 0 Å². The summed E-state index contributed by atoms with van der Waals surface area (Å²) in [6, 6.07) is 16.3. The molecule has 3 aromatic rings. The number of carbonyl (C=O) groups is 1. The average Bonchev–Trinajstić information content (AvgIpc) is 3.45. The highest BCUT2D eigenvalue weighted by Gasteiger charge is 2.48. The SMILES string of the molecule is CCC[N+]1(C)N=C(C2CC2)C(C(=O)OCC)=C1c1ccc(-c2ccccc2-c2nn[nH]n2)cc1. The Morgan fingerprint density at radius 1 is 1.06 bits per heavy atom. The number of ether oxygens (including phenoxy) is 1. The van der Waals surface area contributed by atoms with Crippen LogP contribution in [0.2, 0.25) is 0 Å². The van der Waals surface area contributed by atoms with E-state index >= 15 is 0 Å². The molecule has 0 amide bonds. The summed E-state index contributed by atoms with van der Waals surface area (Å²) in [6.45, 7) is 5.15. The van der Waals surface area contributed by atoms with Gasteiger partial charge >= 0.3 is 5.97 Å². The van der Waals surface area contributed by atoms with Crippen molar-refractivity contribution in [2.24, 2.45) is 11.0 Å². The Bertz CT molecular complexity index is 1260. The molecule has 174 valence electrons. The van der Waals surface area contributed by atoms with Crippen molar-refractivity contribution < 1.29 is 14.1 Å². The molecular weight excluding hydrogens is 428 g/mol. The van der Waals surface area contributed by atoms with Crippen LogP contribution in [0.15, 0.2) is 59.2 Å². The maximum Gasteiger partial charge on any atom is 0.346 e. The number of aromatic nitrogens is 4. The van der Waals surface area contributed by atoms with Gasteiger partial charge in [-0.15, -0.1) is 10.2 Å². The van der Waals surface area contributed by atoms with Crippen LogP contribution in [-0.4, -0.2) is 57.1 Å². The van der Waals surface area contributed by atoms with Gasteiger partial charge in [0, 0.05) is 17.0 Å². The van der Waals surface area contributed by atoms with Gasteiger partial charge in [0.1, 0.15) is 12.3 Å². The minimum Gasteiger partial charge on any atom is -0.462 e. The van der Waals surface area contributed by atoms with E-state index in [4.69, 9.17) is 9.84 Å². The number of hydrogen-bond acceptors (Lipinski definition) is 6. The maximum atomic E-state index is 13.1. The molecule has 0 bridgehead atoms. The Balaban J connectivity index is 1.59. The van der Waals surface area contributed by atoms with Crippen LogP contribution in [0.3, 0.4) is 0 Å². The van der Waals surface area contributed by atoms with Gasteiger partial charge in [-0.05, 0) is 54.7 Å². The summed E-state index contributed by atoms with van der Waals surface area (Å²) in [5, 5.41) is 19.6. The number of rotatable bonds is 8. The fourth-order valence-corrected chi connectivity index (χ4v) is 4.78. The van der Waals surface area contributed by atoms with E-state index in [-0.39, 0.29) is 5.97 Å². The predicted molar refractivity (Wildman–Crippen MR) is 130 cm³/mol. The van der Waals surface area contributed by atoms with Gasteiger partial charge in [-0.25, -0.2) is 4.79 Å². The molecule has 0 spiro atoms. The zero-order valence-electron chi connectivity index (χ0n) is 19.8. The summed E-state index contributed by atoms with van der Waals surface area (Å²) in [6.07, 6.45) is 3.10. The second-order valence-electron chi connectivity index (χ2n) is 8.92. The first-order valence-electron chi connectivity index (χ1n) is 11.9. The predicted octanol–water partition coefficient (Wildman–Crippen LogP) is 4.44. The van der Waals surface area contributed by atoms with Gasteiger partial charge < -0.3 is 4.74 Å². The molecule has 0 radical (unpaired) electrons. The van der Waals surface area contributed by atoms with Gasteiger partial charge in [-0.1, -0.05) is 48.4 Å². The molecule has 1 fully saturated rings. The number of nitrogens with one attached hydrogen (secondary N) is 1. The lowest BCUT2D eigenvalue weighted by Crippen LogP contribution is -2.35. The first-order valence-corrected chi connectivity index (χ1v) is 11.9. The molecule has 1 saturated carbocycles. The van der Waals surface area contributed by atoms with Crippen LogP contribution >= 0.6 is 0 Å². The molecule has 1 aromatic heterocycles. The quantitative estimate of drug-likeness (QED) is 0.399. The van der Waals surface area contributed by atoms with Crippen LogP contribution in [0.25, 0.3) is 28.2 Å². The molecule has 8 heteroatoms. The van der Waals surface area contributed by atoms with E-state index in [1.54, 1.807) is 0 Å². The Labute approximate surface area is 198 Å². The molecule has 2 aromatic carbocycles. The van der Waals surface area contributed by atoms with Gasteiger partial charge in [0.25, 0.3) is 0 Å². The van der Waals surface area contributed by atoms with Gasteiger partial charge in [0.15, 0.2) is 11.3 Å². The highest BCUT2D eigenvalue weighted by atomic mass is 16.5. The van der Waals surface area contributed by atoms with Crippen molar-refractivity contribution >= 4 is 17.4 Å². The third kappa shape index (κ3) is 3.94. The third-order valence-corrected chi connectivity index (χ3v) is 6.39. The van der Waals surface area contributed by atoms with Crippen molar-refractivity contribution in [3.8, 4) is 22.5 Å².